The molecular weight excluding hydrogens is 278 g/mol. The highest BCUT2D eigenvalue weighted by molar-refractivity contribution is 6.14. The summed E-state index contributed by atoms with van der Waals surface area (Å²) in [4.78, 5) is 24.6. The minimum absolute atomic E-state index is 0.143. The lowest BCUT2D eigenvalue weighted by atomic mass is 10.0. The van der Waals surface area contributed by atoms with Crippen molar-refractivity contribution in [3.8, 4) is 0 Å². The molecular formula is C18H13NO3. The molecule has 0 atom stereocenters. The Hall–Kier alpha value is -3.14. The van der Waals surface area contributed by atoms with Crippen LogP contribution in [0.1, 0.15) is 26.5 Å². The van der Waals surface area contributed by atoms with Gasteiger partial charge >= 0.3 is 0 Å². The Morgan fingerprint density at radius 2 is 1.55 bits per heavy atom. The Bertz CT molecular complexity index is 792. The van der Waals surface area contributed by atoms with Crippen LogP contribution < -0.4 is 5.32 Å². The minimum Gasteiger partial charge on any atom is -0.459 e. The first-order valence-corrected chi connectivity index (χ1v) is 6.79. The van der Waals surface area contributed by atoms with Gasteiger partial charge in [0.25, 0.3) is 5.91 Å². The van der Waals surface area contributed by atoms with Gasteiger partial charge in [-0.2, -0.15) is 0 Å². The molecule has 108 valence electrons. The number of para-hydroxylation sites is 1. The molecule has 1 heterocycles. The Balaban J connectivity index is 1.90. The quantitative estimate of drug-likeness (QED) is 0.744. The van der Waals surface area contributed by atoms with Crippen molar-refractivity contribution in [2.24, 2.45) is 0 Å². The molecule has 0 aliphatic rings. The molecule has 1 amide bonds. The summed E-state index contributed by atoms with van der Waals surface area (Å²) in [5.74, 6) is -0.337. The molecule has 0 aliphatic heterocycles. The first-order chi connectivity index (χ1) is 10.8. The van der Waals surface area contributed by atoms with E-state index >= 15 is 0 Å². The maximum atomic E-state index is 12.6. The molecule has 0 spiro atoms. The van der Waals surface area contributed by atoms with Crippen molar-refractivity contribution in [3.63, 3.8) is 0 Å². The molecule has 0 saturated heterocycles. The van der Waals surface area contributed by atoms with E-state index in [1.807, 2.05) is 6.07 Å². The minimum atomic E-state index is -0.390. The third-order valence-electron chi connectivity index (χ3n) is 3.20. The van der Waals surface area contributed by atoms with Crippen LogP contribution in [0.2, 0.25) is 0 Å². The second-order valence-corrected chi connectivity index (χ2v) is 4.67. The van der Waals surface area contributed by atoms with Crippen LogP contribution in [0.4, 0.5) is 5.69 Å². The maximum Gasteiger partial charge on any atom is 0.291 e. The molecule has 0 fully saturated rings. The number of ketones is 1. The number of nitrogens with one attached hydrogen (secondary N) is 1. The third kappa shape index (κ3) is 2.81. The summed E-state index contributed by atoms with van der Waals surface area (Å²) in [6.45, 7) is 0. The number of hydrogen-bond acceptors (Lipinski definition) is 3. The zero-order valence-corrected chi connectivity index (χ0v) is 11.7. The van der Waals surface area contributed by atoms with Crippen molar-refractivity contribution in [1.82, 2.24) is 0 Å². The molecule has 4 nitrogen and oxygen atoms in total. The Morgan fingerprint density at radius 1 is 0.818 bits per heavy atom. The number of benzene rings is 2. The van der Waals surface area contributed by atoms with Gasteiger partial charge in [-0.1, -0.05) is 42.5 Å². The van der Waals surface area contributed by atoms with Crippen molar-refractivity contribution >= 4 is 17.4 Å². The third-order valence-corrected chi connectivity index (χ3v) is 3.20. The summed E-state index contributed by atoms with van der Waals surface area (Å²) in [7, 11) is 0. The van der Waals surface area contributed by atoms with Crippen LogP contribution in [0.15, 0.2) is 77.4 Å². The van der Waals surface area contributed by atoms with E-state index < -0.39 is 5.91 Å². The Kier molecular flexibility index (Phi) is 3.83. The van der Waals surface area contributed by atoms with Gasteiger partial charge in [0.1, 0.15) is 0 Å². The average Bonchev–Trinajstić information content (AvgIpc) is 3.10. The van der Waals surface area contributed by atoms with Crippen LogP contribution in [0, 0.1) is 0 Å². The molecule has 4 heteroatoms. The SMILES string of the molecule is O=C(Nc1ccccc1C(=O)c1ccccc1)c1ccco1. The zero-order valence-electron chi connectivity index (χ0n) is 11.7. The number of carbonyl (C=O) groups is 2. The fourth-order valence-electron chi connectivity index (χ4n) is 2.13. The van der Waals surface area contributed by atoms with E-state index in [2.05, 4.69) is 5.32 Å². The van der Waals surface area contributed by atoms with Gasteiger partial charge in [0.2, 0.25) is 0 Å². The van der Waals surface area contributed by atoms with Gasteiger partial charge in [-0.05, 0) is 24.3 Å². The second kappa shape index (κ2) is 6.10. The fraction of sp³-hybridized carbons (Fsp3) is 0. The molecule has 1 aromatic heterocycles. The number of hydrogen-bond donors (Lipinski definition) is 1. The normalized spacial score (nSPS) is 10.2. The van der Waals surface area contributed by atoms with Crippen LogP contribution in [0.25, 0.3) is 0 Å². The number of rotatable bonds is 4. The van der Waals surface area contributed by atoms with E-state index in [1.54, 1.807) is 60.7 Å². The largest absolute Gasteiger partial charge is 0.459 e. The number of amides is 1. The first-order valence-electron chi connectivity index (χ1n) is 6.79. The van der Waals surface area contributed by atoms with E-state index in [0.717, 1.165) is 0 Å². The molecule has 0 saturated carbocycles. The van der Waals surface area contributed by atoms with E-state index in [1.165, 1.54) is 6.26 Å². The summed E-state index contributed by atoms with van der Waals surface area (Å²) in [5.41, 5.74) is 1.47. The standard InChI is InChI=1S/C18H13NO3/c20-17(13-7-2-1-3-8-13)14-9-4-5-10-15(14)19-18(21)16-11-6-12-22-16/h1-12H,(H,19,21). The molecule has 3 rings (SSSR count). The van der Waals surface area contributed by atoms with Gasteiger partial charge < -0.3 is 9.73 Å². The molecule has 22 heavy (non-hydrogen) atoms. The lowest BCUT2D eigenvalue weighted by Crippen LogP contribution is -2.14. The van der Waals surface area contributed by atoms with Crippen molar-refractivity contribution < 1.29 is 14.0 Å². The zero-order chi connectivity index (χ0) is 15.4. The Morgan fingerprint density at radius 3 is 2.27 bits per heavy atom. The van der Waals surface area contributed by atoms with Gasteiger partial charge in [0.05, 0.1) is 12.0 Å². The predicted octanol–water partition coefficient (Wildman–Crippen LogP) is 3.76. The summed E-state index contributed by atoms with van der Waals surface area (Å²) in [5, 5.41) is 2.71. The lowest BCUT2D eigenvalue weighted by Gasteiger charge is -2.09. The molecule has 3 aromatic rings. The van der Waals surface area contributed by atoms with Crippen molar-refractivity contribution in [2.75, 3.05) is 5.32 Å². The van der Waals surface area contributed by atoms with Gasteiger partial charge in [-0.25, -0.2) is 0 Å². The van der Waals surface area contributed by atoms with Crippen LogP contribution >= 0.6 is 0 Å². The van der Waals surface area contributed by atoms with Crippen molar-refractivity contribution in [3.05, 3.63) is 89.9 Å². The van der Waals surface area contributed by atoms with Crippen LogP contribution in [-0.2, 0) is 0 Å². The van der Waals surface area contributed by atoms with E-state index in [4.69, 9.17) is 4.42 Å². The second-order valence-electron chi connectivity index (χ2n) is 4.67. The molecule has 1 N–H and O–H groups in total. The summed E-state index contributed by atoms with van der Waals surface area (Å²) < 4.78 is 5.06. The average molecular weight is 291 g/mol. The summed E-state index contributed by atoms with van der Waals surface area (Å²) >= 11 is 0. The molecule has 2 aromatic carbocycles. The van der Waals surface area contributed by atoms with Gasteiger partial charge in [0.15, 0.2) is 11.5 Å². The highest BCUT2D eigenvalue weighted by Crippen LogP contribution is 2.20. The van der Waals surface area contributed by atoms with Crippen molar-refractivity contribution in [2.45, 2.75) is 0 Å². The van der Waals surface area contributed by atoms with Crippen LogP contribution in [0.5, 0.6) is 0 Å². The number of carbonyl (C=O) groups excluding carboxylic acids is 2. The molecule has 0 radical (unpaired) electrons. The number of anilines is 1. The van der Waals surface area contributed by atoms with E-state index in [0.29, 0.717) is 16.8 Å². The van der Waals surface area contributed by atoms with E-state index in [-0.39, 0.29) is 11.5 Å². The van der Waals surface area contributed by atoms with Crippen LogP contribution in [0.3, 0.4) is 0 Å². The molecule has 0 aliphatic carbocycles. The maximum absolute atomic E-state index is 12.6. The van der Waals surface area contributed by atoms with Gasteiger partial charge in [-0.15, -0.1) is 0 Å². The molecule has 0 unspecified atom stereocenters. The summed E-state index contributed by atoms with van der Waals surface area (Å²) in [6, 6.07) is 19.0. The smallest absolute Gasteiger partial charge is 0.291 e. The van der Waals surface area contributed by atoms with Gasteiger partial charge in [-0.3, -0.25) is 9.59 Å². The molecule has 0 bridgehead atoms. The fourth-order valence-corrected chi connectivity index (χ4v) is 2.13. The van der Waals surface area contributed by atoms with Gasteiger partial charge in [0, 0.05) is 11.1 Å². The lowest BCUT2D eigenvalue weighted by molar-refractivity contribution is 0.0996. The summed E-state index contributed by atoms with van der Waals surface area (Å²) in [6.07, 6.45) is 1.43. The predicted molar refractivity (Wildman–Crippen MR) is 83.0 cm³/mol. The van der Waals surface area contributed by atoms with E-state index in [9.17, 15) is 9.59 Å². The number of furan rings is 1. The van der Waals surface area contributed by atoms with Crippen molar-refractivity contribution in [1.29, 1.82) is 0 Å². The first kappa shape index (κ1) is 13.8. The monoisotopic (exact) mass is 291 g/mol. The topological polar surface area (TPSA) is 59.3 Å². The van der Waals surface area contributed by atoms with Crippen LogP contribution in [-0.4, -0.2) is 11.7 Å². The highest BCUT2D eigenvalue weighted by atomic mass is 16.3. The highest BCUT2D eigenvalue weighted by Gasteiger charge is 2.16. The Labute approximate surface area is 127 Å².